The number of benzene rings is 1. The highest BCUT2D eigenvalue weighted by molar-refractivity contribution is 5.93. The van der Waals surface area contributed by atoms with Gasteiger partial charge < -0.3 is 19.7 Å². The maximum absolute atomic E-state index is 12.7. The average molecular weight is 391 g/mol. The van der Waals surface area contributed by atoms with E-state index in [1.54, 1.807) is 36.5 Å². The van der Waals surface area contributed by atoms with Crippen LogP contribution in [-0.2, 0) is 6.54 Å². The largest absolute Gasteiger partial charge is 0.486 e. The summed E-state index contributed by atoms with van der Waals surface area (Å²) in [5.74, 6) is 1.98. The number of para-hydroxylation sites is 2. The molecule has 1 N–H and O–H groups in total. The zero-order chi connectivity index (χ0) is 20.1. The highest BCUT2D eigenvalue weighted by Gasteiger charge is 2.24. The second-order valence-electron chi connectivity index (χ2n) is 6.67. The molecule has 8 nitrogen and oxygen atoms in total. The summed E-state index contributed by atoms with van der Waals surface area (Å²) in [6, 6.07) is 12.9. The summed E-state index contributed by atoms with van der Waals surface area (Å²) in [6.07, 6.45) is 4.53. The van der Waals surface area contributed by atoms with Crippen molar-refractivity contribution >= 4 is 11.7 Å². The standard InChI is InChI=1S/C21H21N5O3/c1-26(12-17-13-28-18-4-2-3-5-19(18)29-17)21(27)15-6-7-20(23-10-15)24-11-16-8-9-22-14-25-16/h2-10,14,17H,11-13H2,1H3,(H,23,24)/t17-/m1/s1. The number of anilines is 1. The second-order valence-corrected chi connectivity index (χ2v) is 6.67. The molecule has 1 aliphatic rings. The fraction of sp³-hybridized carbons (Fsp3) is 0.238. The number of hydrogen-bond donors (Lipinski definition) is 1. The van der Waals surface area contributed by atoms with Gasteiger partial charge in [-0.05, 0) is 30.3 Å². The van der Waals surface area contributed by atoms with E-state index in [4.69, 9.17) is 9.47 Å². The lowest BCUT2D eigenvalue weighted by atomic mass is 10.2. The van der Waals surface area contributed by atoms with Crippen molar-refractivity contribution in [1.29, 1.82) is 0 Å². The Hall–Kier alpha value is -3.68. The molecule has 0 unspecified atom stereocenters. The lowest BCUT2D eigenvalue weighted by Crippen LogP contribution is -2.41. The van der Waals surface area contributed by atoms with Crippen LogP contribution in [0.3, 0.4) is 0 Å². The first-order valence-corrected chi connectivity index (χ1v) is 9.28. The van der Waals surface area contributed by atoms with E-state index in [0.717, 1.165) is 11.4 Å². The van der Waals surface area contributed by atoms with Gasteiger partial charge in [0.1, 0.15) is 18.8 Å². The van der Waals surface area contributed by atoms with Crippen LogP contribution in [0.2, 0.25) is 0 Å². The fourth-order valence-corrected chi connectivity index (χ4v) is 2.99. The SMILES string of the molecule is CN(C[C@@H]1COc2ccccc2O1)C(=O)c1ccc(NCc2ccncn2)nc1. The molecule has 3 heterocycles. The second kappa shape index (κ2) is 8.55. The van der Waals surface area contributed by atoms with Gasteiger partial charge in [-0.25, -0.2) is 15.0 Å². The number of amides is 1. The van der Waals surface area contributed by atoms with Crippen molar-refractivity contribution in [3.05, 3.63) is 72.4 Å². The van der Waals surface area contributed by atoms with Crippen LogP contribution in [0.1, 0.15) is 16.1 Å². The first-order valence-electron chi connectivity index (χ1n) is 9.28. The van der Waals surface area contributed by atoms with Crippen LogP contribution in [-0.4, -0.2) is 52.1 Å². The number of rotatable bonds is 6. The molecule has 0 aliphatic carbocycles. The minimum Gasteiger partial charge on any atom is -0.486 e. The topological polar surface area (TPSA) is 89.5 Å². The van der Waals surface area contributed by atoms with E-state index < -0.39 is 0 Å². The number of hydrogen-bond acceptors (Lipinski definition) is 7. The smallest absolute Gasteiger partial charge is 0.255 e. The minimum absolute atomic E-state index is 0.123. The molecule has 0 radical (unpaired) electrons. The molecule has 0 saturated heterocycles. The van der Waals surface area contributed by atoms with Gasteiger partial charge in [-0.2, -0.15) is 0 Å². The van der Waals surface area contributed by atoms with E-state index in [9.17, 15) is 4.79 Å². The van der Waals surface area contributed by atoms with E-state index in [0.29, 0.717) is 36.8 Å². The summed E-state index contributed by atoms with van der Waals surface area (Å²) in [5, 5.41) is 3.17. The first-order chi connectivity index (χ1) is 14.2. The van der Waals surface area contributed by atoms with Gasteiger partial charge in [-0.1, -0.05) is 12.1 Å². The third-order valence-electron chi connectivity index (χ3n) is 4.50. The summed E-state index contributed by atoms with van der Waals surface area (Å²) < 4.78 is 11.6. The zero-order valence-electron chi connectivity index (χ0n) is 16.0. The van der Waals surface area contributed by atoms with Crippen LogP contribution >= 0.6 is 0 Å². The van der Waals surface area contributed by atoms with Crippen molar-refractivity contribution < 1.29 is 14.3 Å². The number of nitrogens with zero attached hydrogens (tertiary/aromatic N) is 4. The van der Waals surface area contributed by atoms with Gasteiger partial charge in [0.05, 0.1) is 24.3 Å². The zero-order valence-corrected chi connectivity index (χ0v) is 16.0. The summed E-state index contributed by atoms with van der Waals surface area (Å²) >= 11 is 0. The molecule has 1 aliphatic heterocycles. The van der Waals surface area contributed by atoms with Crippen molar-refractivity contribution in [3.8, 4) is 11.5 Å². The maximum Gasteiger partial charge on any atom is 0.255 e. The Morgan fingerprint density at radius 3 is 2.79 bits per heavy atom. The molecular weight excluding hydrogens is 370 g/mol. The quantitative estimate of drug-likeness (QED) is 0.690. The van der Waals surface area contributed by atoms with E-state index in [2.05, 4.69) is 20.3 Å². The lowest BCUT2D eigenvalue weighted by Gasteiger charge is -2.29. The van der Waals surface area contributed by atoms with Crippen LogP contribution in [0.5, 0.6) is 11.5 Å². The van der Waals surface area contributed by atoms with Gasteiger partial charge in [0.15, 0.2) is 17.6 Å². The first kappa shape index (κ1) is 18.7. The third kappa shape index (κ3) is 4.60. The highest BCUT2D eigenvalue weighted by Crippen LogP contribution is 2.31. The van der Waals surface area contributed by atoms with E-state index >= 15 is 0 Å². The molecule has 1 aromatic carbocycles. The van der Waals surface area contributed by atoms with E-state index in [1.807, 2.05) is 30.3 Å². The van der Waals surface area contributed by atoms with Crippen molar-refractivity contribution in [2.75, 3.05) is 25.5 Å². The molecule has 1 atom stereocenters. The van der Waals surface area contributed by atoms with Crippen LogP contribution in [0.25, 0.3) is 0 Å². The predicted molar refractivity (Wildman–Crippen MR) is 107 cm³/mol. The number of nitrogens with one attached hydrogen (secondary N) is 1. The van der Waals surface area contributed by atoms with Crippen LogP contribution in [0, 0.1) is 0 Å². The number of ether oxygens (including phenoxy) is 2. The molecule has 8 heteroatoms. The molecular formula is C21H21N5O3. The molecule has 29 heavy (non-hydrogen) atoms. The molecule has 4 rings (SSSR count). The Morgan fingerprint density at radius 2 is 2.03 bits per heavy atom. The van der Waals surface area contributed by atoms with Crippen LogP contribution in [0.15, 0.2) is 61.2 Å². The highest BCUT2D eigenvalue weighted by atomic mass is 16.6. The molecule has 0 saturated carbocycles. The van der Waals surface area contributed by atoms with Gasteiger partial charge in [0, 0.05) is 19.4 Å². The van der Waals surface area contributed by atoms with Crippen molar-refractivity contribution in [2.24, 2.45) is 0 Å². The maximum atomic E-state index is 12.7. The molecule has 3 aromatic rings. The number of pyridine rings is 1. The average Bonchev–Trinajstić information content (AvgIpc) is 2.78. The molecule has 0 bridgehead atoms. The third-order valence-corrected chi connectivity index (χ3v) is 4.50. The summed E-state index contributed by atoms with van der Waals surface area (Å²) in [6.45, 7) is 1.35. The van der Waals surface area contributed by atoms with Crippen molar-refractivity contribution in [2.45, 2.75) is 12.6 Å². The van der Waals surface area contributed by atoms with Gasteiger partial charge in [0.2, 0.25) is 0 Å². The van der Waals surface area contributed by atoms with Gasteiger partial charge in [-0.15, -0.1) is 0 Å². The fourth-order valence-electron chi connectivity index (χ4n) is 2.99. The van der Waals surface area contributed by atoms with Crippen LogP contribution < -0.4 is 14.8 Å². The molecule has 148 valence electrons. The summed E-state index contributed by atoms with van der Waals surface area (Å²) in [4.78, 5) is 26.7. The molecule has 2 aromatic heterocycles. The van der Waals surface area contributed by atoms with Gasteiger partial charge in [-0.3, -0.25) is 4.79 Å². The Morgan fingerprint density at radius 1 is 1.17 bits per heavy atom. The molecule has 0 spiro atoms. The summed E-state index contributed by atoms with van der Waals surface area (Å²) in [7, 11) is 1.74. The van der Waals surface area contributed by atoms with Crippen molar-refractivity contribution in [3.63, 3.8) is 0 Å². The predicted octanol–water partition coefficient (Wildman–Crippen LogP) is 2.40. The lowest BCUT2D eigenvalue weighted by molar-refractivity contribution is 0.0520. The number of carbonyl (C=O) groups excluding carboxylic acids is 1. The van der Waals surface area contributed by atoms with E-state index in [1.165, 1.54) is 6.33 Å². The Kier molecular flexibility index (Phi) is 5.51. The number of likely N-dealkylation sites (N-methyl/N-ethyl adjacent to an activating group) is 1. The Labute approximate surface area is 168 Å². The number of aromatic nitrogens is 3. The van der Waals surface area contributed by atoms with Crippen LogP contribution in [0.4, 0.5) is 5.82 Å². The molecule has 1 amide bonds. The van der Waals surface area contributed by atoms with Gasteiger partial charge in [0.25, 0.3) is 5.91 Å². The Balaban J connectivity index is 1.32. The van der Waals surface area contributed by atoms with Gasteiger partial charge >= 0.3 is 0 Å². The normalized spacial score (nSPS) is 14.9. The van der Waals surface area contributed by atoms with Crippen molar-refractivity contribution in [1.82, 2.24) is 19.9 Å². The number of fused-ring (bicyclic) bond motifs is 1. The monoisotopic (exact) mass is 391 g/mol. The van der Waals surface area contributed by atoms with E-state index in [-0.39, 0.29) is 12.0 Å². The minimum atomic E-state index is -0.222. The Bertz CT molecular complexity index is 966. The number of carbonyl (C=O) groups is 1. The molecule has 0 fully saturated rings. The summed E-state index contributed by atoms with van der Waals surface area (Å²) in [5.41, 5.74) is 1.37.